The van der Waals surface area contributed by atoms with E-state index in [1.165, 1.54) is 11.1 Å². The summed E-state index contributed by atoms with van der Waals surface area (Å²) in [5.41, 5.74) is 2.95. The SMILES string of the molecule is CCCCCCN1C(=O)[C@H](CNC(=O)c2ccc(C(=O)N3C[C@@H](C(=O)N[C@H]4C[C@@H]4c4ccccc4)[C@H](C(=O)N[C@H]4C[C@@H]4c4ccccc4)C3)cc2)NC(=O)[C@@H]1CCCCC. The zero-order chi connectivity index (χ0) is 42.2. The number of likely N-dealkylation sites (tertiary alicyclic amines) is 1. The quantitative estimate of drug-likeness (QED) is 0.120. The molecule has 4 fully saturated rings. The summed E-state index contributed by atoms with van der Waals surface area (Å²) < 4.78 is 0. The Labute approximate surface area is 353 Å². The van der Waals surface area contributed by atoms with Crippen LogP contribution in [-0.2, 0) is 19.2 Å². The van der Waals surface area contributed by atoms with E-state index in [2.05, 4.69) is 59.4 Å². The molecule has 2 aliphatic heterocycles. The van der Waals surface area contributed by atoms with Crippen LogP contribution in [0.5, 0.6) is 0 Å². The monoisotopic (exact) mass is 816 g/mol. The Morgan fingerprint density at radius 1 is 0.667 bits per heavy atom. The Kier molecular flexibility index (Phi) is 14.0. The third-order valence-electron chi connectivity index (χ3n) is 12.7. The maximum atomic E-state index is 13.9. The number of unbranched alkanes of at least 4 members (excludes halogenated alkanes) is 5. The molecule has 3 aromatic rings. The number of amides is 6. The second kappa shape index (κ2) is 19.7. The molecule has 8 atom stereocenters. The van der Waals surface area contributed by atoms with Crippen LogP contribution in [0.1, 0.15) is 122 Å². The van der Waals surface area contributed by atoms with Crippen LogP contribution < -0.4 is 21.3 Å². The summed E-state index contributed by atoms with van der Waals surface area (Å²) in [6, 6.07) is 24.9. The van der Waals surface area contributed by atoms with Gasteiger partial charge in [-0.05, 0) is 61.1 Å². The van der Waals surface area contributed by atoms with Crippen molar-refractivity contribution in [3.05, 3.63) is 107 Å². The molecule has 3 aromatic carbocycles. The van der Waals surface area contributed by atoms with E-state index in [0.717, 1.165) is 57.8 Å². The molecule has 2 aliphatic carbocycles. The smallest absolute Gasteiger partial charge is 0.253 e. The van der Waals surface area contributed by atoms with Gasteiger partial charge in [0, 0.05) is 61.2 Å². The first-order valence-corrected chi connectivity index (χ1v) is 22.2. The summed E-state index contributed by atoms with van der Waals surface area (Å²) in [7, 11) is 0. The van der Waals surface area contributed by atoms with Crippen molar-refractivity contribution in [1.29, 1.82) is 0 Å². The minimum atomic E-state index is -0.866. The van der Waals surface area contributed by atoms with Crippen LogP contribution in [0.3, 0.4) is 0 Å². The molecule has 318 valence electrons. The number of hydrogen-bond donors (Lipinski definition) is 4. The van der Waals surface area contributed by atoms with Gasteiger partial charge in [-0.15, -0.1) is 0 Å². The van der Waals surface area contributed by atoms with Crippen molar-refractivity contribution in [3.8, 4) is 0 Å². The molecule has 7 rings (SSSR count). The Morgan fingerprint density at radius 2 is 1.20 bits per heavy atom. The van der Waals surface area contributed by atoms with Crippen molar-refractivity contribution in [2.75, 3.05) is 26.2 Å². The van der Waals surface area contributed by atoms with Crippen molar-refractivity contribution in [2.24, 2.45) is 11.8 Å². The number of nitrogens with one attached hydrogen (secondary N) is 4. The predicted octanol–water partition coefficient (Wildman–Crippen LogP) is 5.31. The number of nitrogens with zero attached hydrogens (tertiary/aromatic N) is 2. The van der Waals surface area contributed by atoms with Gasteiger partial charge in [-0.3, -0.25) is 28.8 Å². The molecular formula is C48H60N6O6. The summed E-state index contributed by atoms with van der Waals surface area (Å²) in [6.07, 6.45) is 9.09. The largest absolute Gasteiger partial charge is 0.352 e. The Hall–Kier alpha value is -5.52. The van der Waals surface area contributed by atoms with Gasteiger partial charge in [-0.25, -0.2) is 0 Å². The molecule has 2 heterocycles. The molecule has 0 aromatic heterocycles. The van der Waals surface area contributed by atoms with Crippen LogP contribution in [0.15, 0.2) is 84.9 Å². The standard InChI is InChI=1S/C48H60N6O6/c1-3-5-7-15-25-54-42(20-10-6-4-2)46(58)52-41(48(54)60)28-49-43(55)33-21-23-34(24-22-33)47(59)53-29-37(44(56)50-39-26-35(39)31-16-11-8-12-17-31)38(30-53)45(57)51-40-27-36(40)32-18-13-9-14-19-32/h8-9,11-14,16-19,21-24,35-42H,3-7,10,15,20,25-30H2,1-2H3,(H,49,55)(H,50,56)(H,51,57)(H,52,58)/t35-,36-,37-,38-,39+,40+,41+,42+/m1/s1. The summed E-state index contributed by atoms with van der Waals surface area (Å²) in [5.74, 6) is -2.57. The number of piperazine rings is 1. The van der Waals surface area contributed by atoms with Crippen LogP contribution >= 0.6 is 0 Å². The molecule has 0 spiro atoms. The summed E-state index contributed by atoms with van der Waals surface area (Å²) in [6.45, 7) is 4.88. The van der Waals surface area contributed by atoms with Gasteiger partial charge in [0.1, 0.15) is 12.1 Å². The topological polar surface area (TPSA) is 157 Å². The van der Waals surface area contributed by atoms with Gasteiger partial charge in [0.05, 0.1) is 11.8 Å². The number of rotatable bonds is 19. The van der Waals surface area contributed by atoms with Crippen LogP contribution in [0.25, 0.3) is 0 Å². The molecule has 0 unspecified atom stereocenters. The van der Waals surface area contributed by atoms with Crippen molar-refractivity contribution in [3.63, 3.8) is 0 Å². The molecule has 60 heavy (non-hydrogen) atoms. The van der Waals surface area contributed by atoms with E-state index < -0.39 is 29.8 Å². The highest BCUT2D eigenvalue weighted by atomic mass is 16.2. The minimum absolute atomic E-state index is 0.0209. The molecule has 0 radical (unpaired) electrons. The normalized spacial score (nSPS) is 25.6. The first kappa shape index (κ1) is 42.6. The van der Waals surface area contributed by atoms with E-state index in [-0.39, 0.29) is 73.1 Å². The molecule has 12 nitrogen and oxygen atoms in total. The maximum absolute atomic E-state index is 13.9. The zero-order valence-electron chi connectivity index (χ0n) is 34.9. The molecule has 6 amide bonds. The Morgan fingerprint density at radius 3 is 1.75 bits per heavy atom. The van der Waals surface area contributed by atoms with E-state index in [9.17, 15) is 28.8 Å². The van der Waals surface area contributed by atoms with E-state index >= 15 is 0 Å². The fourth-order valence-electron chi connectivity index (χ4n) is 8.98. The fourth-order valence-corrected chi connectivity index (χ4v) is 8.98. The van der Waals surface area contributed by atoms with E-state index in [4.69, 9.17) is 0 Å². The number of benzene rings is 3. The Balaban J connectivity index is 0.964. The fraction of sp³-hybridized carbons (Fsp3) is 0.500. The van der Waals surface area contributed by atoms with Crippen molar-refractivity contribution < 1.29 is 28.8 Å². The van der Waals surface area contributed by atoms with Gasteiger partial charge >= 0.3 is 0 Å². The maximum Gasteiger partial charge on any atom is 0.253 e. The average molecular weight is 817 g/mol. The highest BCUT2D eigenvalue weighted by Crippen LogP contribution is 2.42. The van der Waals surface area contributed by atoms with Gasteiger partial charge < -0.3 is 31.1 Å². The van der Waals surface area contributed by atoms with Crippen LogP contribution in [0, 0.1) is 11.8 Å². The second-order valence-corrected chi connectivity index (χ2v) is 17.1. The number of hydrogen-bond acceptors (Lipinski definition) is 6. The van der Waals surface area contributed by atoms with Crippen LogP contribution in [0.2, 0.25) is 0 Å². The predicted molar refractivity (Wildman–Crippen MR) is 229 cm³/mol. The third kappa shape index (κ3) is 10.3. The summed E-state index contributed by atoms with van der Waals surface area (Å²) >= 11 is 0. The number of carbonyl (C=O) groups is 6. The molecule has 4 N–H and O–H groups in total. The highest BCUT2D eigenvalue weighted by molar-refractivity contribution is 6.00. The van der Waals surface area contributed by atoms with Gasteiger partial charge in [-0.2, -0.15) is 0 Å². The Bertz CT molecular complexity index is 1920. The number of carbonyl (C=O) groups excluding carboxylic acids is 6. The molecule has 4 aliphatic rings. The average Bonchev–Trinajstić information content (AvgIpc) is 4.18. The van der Waals surface area contributed by atoms with Crippen molar-refractivity contribution in [2.45, 2.75) is 114 Å². The first-order chi connectivity index (χ1) is 29.2. The lowest BCUT2D eigenvalue weighted by Gasteiger charge is -2.39. The lowest BCUT2D eigenvalue weighted by Crippen LogP contribution is -2.65. The lowest BCUT2D eigenvalue weighted by molar-refractivity contribution is -0.149. The lowest BCUT2D eigenvalue weighted by atomic mass is 9.94. The van der Waals surface area contributed by atoms with Gasteiger partial charge in [-0.1, -0.05) is 113 Å². The van der Waals surface area contributed by atoms with Crippen LogP contribution in [0.4, 0.5) is 0 Å². The molecule has 12 heteroatoms. The van der Waals surface area contributed by atoms with E-state index in [1.807, 2.05) is 36.4 Å². The minimum Gasteiger partial charge on any atom is -0.352 e. The summed E-state index contributed by atoms with van der Waals surface area (Å²) in [5, 5.41) is 12.0. The molecular weight excluding hydrogens is 757 g/mol. The highest BCUT2D eigenvalue weighted by Gasteiger charge is 2.49. The summed E-state index contributed by atoms with van der Waals surface area (Å²) in [4.78, 5) is 85.1. The zero-order valence-corrected chi connectivity index (χ0v) is 34.9. The third-order valence-corrected chi connectivity index (χ3v) is 12.7. The van der Waals surface area contributed by atoms with Gasteiger partial charge in [0.15, 0.2) is 0 Å². The first-order valence-electron chi connectivity index (χ1n) is 22.2. The molecule has 0 bridgehead atoms. The van der Waals surface area contributed by atoms with Gasteiger partial charge in [0.2, 0.25) is 23.6 Å². The molecule has 2 saturated carbocycles. The van der Waals surface area contributed by atoms with Crippen molar-refractivity contribution in [1.82, 2.24) is 31.1 Å². The van der Waals surface area contributed by atoms with Crippen LogP contribution in [-0.4, -0.2) is 95.6 Å². The van der Waals surface area contributed by atoms with E-state index in [0.29, 0.717) is 24.1 Å². The van der Waals surface area contributed by atoms with Gasteiger partial charge in [0.25, 0.3) is 11.8 Å². The van der Waals surface area contributed by atoms with E-state index in [1.54, 1.807) is 34.1 Å². The molecule has 2 saturated heterocycles. The second-order valence-electron chi connectivity index (χ2n) is 17.1. The van der Waals surface area contributed by atoms with Crippen molar-refractivity contribution >= 4 is 35.4 Å².